The van der Waals surface area contributed by atoms with Crippen molar-refractivity contribution in [3.8, 4) is 0 Å². The highest BCUT2D eigenvalue weighted by atomic mass is 127. The van der Waals surface area contributed by atoms with E-state index in [9.17, 15) is 8.42 Å². The number of halogens is 1. The van der Waals surface area contributed by atoms with Gasteiger partial charge in [-0.3, -0.25) is 4.99 Å². The summed E-state index contributed by atoms with van der Waals surface area (Å²) >= 11 is 0. The minimum atomic E-state index is -2.81. The molecule has 0 bridgehead atoms. The lowest BCUT2D eigenvalue weighted by atomic mass is 10.1. The van der Waals surface area contributed by atoms with Gasteiger partial charge in [0.15, 0.2) is 15.8 Å². The molecule has 1 fully saturated rings. The van der Waals surface area contributed by atoms with Gasteiger partial charge in [-0.2, -0.15) is 0 Å². The van der Waals surface area contributed by atoms with Crippen LogP contribution in [0.1, 0.15) is 20.3 Å². The lowest BCUT2D eigenvalue weighted by Gasteiger charge is -2.22. The van der Waals surface area contributed by atoms with E-state index in [0.29, 0.717) is 12.3 Å². The summed E-state index contributed by atoms with van der Waals surface area (Å²) in [5.74, 6) is 1.57. The Morgan fingerprint density at radius 2 is 2.15 bits per heavy atom. The third-order valence-electron chi connectivity index (χ3n) is 3.03. The summed E-state index contributed by atoms with van der Waals surface area (Å²) in [6.45, 7) is 9.99. The number of rotatable bonds is 5. The number of nitrogens with one attached hydrogen (secondary N) is 1. The van der Waals surface area contributed by atoms with Gasteiger partial charge in [0.25, 0.3) is 0 Å². The maximum Gasteiger partial charge on any atom is 0.193 e. The number of hydrogen-bond acceptors (Lipinski definition) is 3. The van der Waals surface area contributed by atoms with E-state index in [1.165, 1.54) is 0 Å². The van der Waals surface area contributed by atoms with E-state index in [-0.39, 0.29) is 35.6 Å². The van der Waals surface area contributed by atoms with Gasteiger partial charge in [0, 0.05) is 26.7 Å². The molecule has 0 amide bonds. The Bertz CT molecular complexity index is 449. The van der Waals surface area contributed by atoms with Crippen LogP contribution < -0.4 is 5.32 Å². The molecule has 1 heterocycles. The zero-order valence-corrected chi connectivity index (χ0v) is 15.7. The molecule has 0 aromatic heterocycles. The summed E-state index contributed by atoms with van der Waals surface area (Å²) < 4.78 is 22.8. The Hall–Kier alpha value is -0.310. The van der Waals surface area contributed by atoms with Crippen LogP contribution >= 0.6 is 24.0 Å². The van der Waals surface area contributed by atoms with Crippen LogP contribution in [0.2, 0.25) is 0 Å². The first kappa shape index (κ1) is 19.7. The fraction of sp³-hybridized carbons (Fsp3) is 0.769. The molecule has 7 heteroatoms. The summed E-state index contributed by atoms with van der Waals surface area (Å²) in [6, 6.07) is 0. The Balaban J connectivity index is 0.00000361. The summed E-state index contributed by atoms with van der Waals surface area (Å²) in [5, 5.41) is 3.22. The Kier molecular flexibility index (Phi) is 8.72. The average Bonchev–Trinajstić information content (AvgIpc) is 2.63. The predicted octanol–water partition coefficient (Wildman–Crippen LogP) is 1.51. The second-order valence-electron chi connectivity index (χ2n) is 5.28. The van der Waals surface area contributed by atoms with Crippen LogP contribution in [0, 0.1) is 5.92 Å². The van der Waals surface area contributed by atoms with Crippen molar-refractivity contribution in [1.82, 2.24) is 10.2 Å². The van der Waals surface area contributed by atoms with E-state index in [4.69, 9.17) is 0 Å². The molecule has 0 aliphatic carbocycles. The van der Waals surface area contributed by atoms with Crippen LogP contribution in [0.25, 0.3) is 0 Å². The van der Waals surface area contributed by atoms with Gasteiger partial charge in [0.1, 0.15) is 0 Å². The maximum absolute atomic E-state index is 11.4. The maximum atomic E-state index is 11.4. The van der Waals surface area contributed by atoms with Gasteiger partial charge in [-0.1, -0.05) is 12.2 Å². The molecular formula is C13H26IN3O2S. The lowest BCUT2D eigenvalue weighted by Crippen LogP contribution is -2.40. The molecule has 0 saturated carbocycles. The lowest BCUT2D eigenvalue weighted by molar-refractivity contribution is 0.513. The van der Waals surface area contributed by atoms with E-state index in [1.807, 2.05) is 25.8 Å². The third-order valence-corrected chi connectivity index (χ3v) is 4.87. The highest BCUT2D eigenvalue weighted by molar-refractivity contribution is 14.0. The zero-order valence-electron chi connectivity index (χ0n) is 12.6. The van der Waals surface area contributed by atoms with Gasteiger partial charge in [0.05, 0.1) is 11.5 Å². The van der Waals surface area contributed by atoms with Crippen LogP contribution in [0.15, 0.2) is 17.1 Å². The van der Waals surface area contributed by atoms with Gasteiger partial charge in [-0.05, 0) is 26.2 Å². The molecule has 0 aromatic carbocycles. The summed E-state index contributed by atoms with van der Waals surface area (Å²) in [7, 11) is -0.852. The van der Waals surface area contributed by atoms with Crippen molar-refractivity contribution >= 4 is 39.8 Å². The van der Waals surface area contributed by atoms with Crippen LogP contribution in [0.5, 0.6) is 0 Å². The van der Waals surface area contributed by atoms with Crippen molar-refractivity contribution in [3.05, 3.63) is 12.2 Å². The molecule has 0 spiro atoms. The van der Waals surface area contributed by atoms with Gasteiger partial charge in [-0.15, -0.1) is 24.0 Å². The summed E-state index contributed by atoms with van der Waals surface area (Å²) in [6.07, 6.45) is 0.732. The molecule has 1 atom stereocenters. The van der Waals surface area contributed by atoms with E-state index < -0.39 is 9.84 Å². The third kappa shape index (κ3) is 6.92. The second-order valence-corrected chi connectivity index (χ2v) is 7.51. The SMILES string of the molecule is C=C(C)CN(C)C(=NCC1CCS(=O)(=O)C1)NCC.I. The van der Waals surface area contributed by atoms with Crippen molar-refractivity contribution in [2.24, 2.45) is 10.9 Å². The van der Waals surface area contributed by atoms with Gasteiger partial charge in [-0.25, -0.2) is 8.42 Å². The molecule has 20 heavy (non-hydrogen) atoms. The molecule has 1 unspecified atom stereocenters. The standard InChI is InChI=1S/C13H25N3O2S.HI/c1-5-14-13(16(4)9-11(2)3)15-8-12-6-7-19(17,18)10-12;/h12H,2,5-10H2,1,3-4H3,(H,14,15);1H. The molecule has 1 N–H and O–H groups in total. The van der Waals surface area contributed by atoms with E-state index in [0.717, 1.165) is 31.0 Å². The highest BCUT2D eigenvalue weighted by Crippen LogP contribution is 2.18. The first-order valence-corrected chi connectivity index (χ1v) is 8.50. The molecule has 118 valence electrons. The molecule has 1 aliphatic rings. The molecule has 0 aromatic rings. The van der Waals surface area contributed by atoms with Crippen LogP contribution in [-0.2, 0) is 9.84 Å². The van der Waals surface area contributed by atoms with E-state index in [2.05, 4.69) is 16.9 Å². The van der Waals surface area contributed by atoms with E-state index >= 15 is 0 Å². The minimum Gasteiger partial charge on any atom is -0.357 e. The number of guanidine groups is 1. The van der Waals surface area contributed by atoms with Gasteiger partial charge in [0.2, 0.25) is 0 Å². The van der Waals surface area contributed by atoms with Crippen LogP contribution in [-0.4, -0.2) is 57.5 Å². The topological polar surface area (TPSA) is 61.8 Å². The Morgan fingerprint density at radius 1 is 1.50 bits per heavy atom. The normalized spacial score (nSPS) is 21.1. The average molecular weight is 415 g/mol. The van der Waals surface area contributed by atoms with Crippen molar-refractivity contribution in [2.45, 2.75) is 20.3 Å². The van der Waals surface area contributed by atoms with Gasteiger partial charge >= 0.3 is 0 Å². The number of likely N-dealkylation sites (N-methyl/N-ethyl adjacent to an activating group) is 1. The van der Waals surface area contributed by atoms with Crippen LogP contribution in [0.3, 0.4) is 0 Å². The first-order valence-electron chi connectivity index (χ1n) is 6.68. The molecule has 5 nitrogen and oxygen atoms in total. The number of nitrogens with zero attached hydrogens (tertiary/aromatic N) is 2. The molecule has 1 saturated heterocycles. The molecular weight excluding hydrogens is 389 g/mol. The smallest absolute Gasteiger partial charge is 0.193 e. The zero-order chi connectivity index (χ0) is 14.5. The molecule has 0 radical (unpaired) electrons. The molecule has 1 aliphatic heterocycles. The largest absolute Gasteiger partial charge is 0.357 e. The van der Waals surface area contributed by atoms with Crippen LogP contribution in [0.4, 0.5) is 0 Å². The fourth-order valence-electron chi connectivity index (χ4n) is 2.18. The molecule has 1 rings (SSSR count). The summed E-state index contributed by atoms with van der Waals surface area (Å²) in [5.41, 5.74) is 1.07. The Morgan fingerprint density at radius 3 is 2.60 bits per heavy atom. The first-order chi connectivity index (χ1) is 8.84. The monoisotopic (exact) mass is 415 g/mol. The summed E-state index contributed by atoms with van der Waals surface area (Å²) in [4.78, 5) is 6.55. The number of sulfone groups is 1. The van der Waals surface area contributed by atoms with E-state index in [1.54, 1.807) is 0 Å². The predicted molar refractivity (Wildman–Crippen MR) is 95.6 cm³/mol. The second kappa shape index (κ2) is 8.86. The van der Waals surface area contributed by atoms with Crippen molar-refractivity contribution in [1.29, 1.82) is 0 Å². The highest BCUT2D eigenvalue weighted by Gasteiger charge is 2.27. The van der Waals surface area contributed by atoms with Crippen molar-refractivity contribution in [2.75, 3.05) is 38.2 Å². The Labute approximate surface area is 139 Å². The number of aliphatic imine (C=N–C) groups is 1. The van der Waals surface area contributed by atoms with Crippen molar-refractivity contribution < 1.29 is 8.42 Å². The van der Waals surface area contributed by atoms with Crippen molar-refractivity contribution in [3.63, 3.8) is 0 Å². The fourth-order valence-corrected chi connectivity index (χ4v) is 4.03. The van der Waals surface area contributed by atoms with Gasteiger partial charge < -0.3 is 10.2 Å². The quantitative estimate of drug-likeness (QED) is 0.320. The minimum absolute atomic E-state index is 0. The number of hydrogen-bond donors (Lipinski definition) is 1.